The zero-order chi connectivity index (χ0) is 13.3. The molecule has 100 valence electrons. The molecule has 1 aromatic heterocycles. The van der Waals surface area contributed by atoms with E-state index in [1.807, 2.05) is 13.0 Å². The molecular weight excluding hydrogens is 288 g/mol. The van der Waals surface area contributed by atoms with E-state index in [1.165, 1.54) is 15.6 Å². The van der Waals surface area contributed by atoms with Crippen LogP contribution in [0.4, 0.5) is 0 Å². The second-order valence-corrected chi connectivity index (χ2v) is 8.39. The zero-order valence-electron chi connectivity index (χ0n) is 10.1. The Morgan fingerprint density at radius 2 is 2.28 bits per heavy atom. The van der Waals surface area contributed by atoms with E-state index in [4.69, 9.17) is 18.0 Å². The number of hydrogen-bond donors (Lipinski definition) is 1. The number of hydrogen-bond acceptors (Lipinski definition) is 4. The molecule has 0 spiro atoms. The van der Waals surface area contributed by atoms with E-state index < -0.39 is 10.0 Å². The maximum Gasteiger partial charge on any atom is 0.252 e. The Hall–Kier alpha value is -0.500. The summed E-state index contributed by atoms with van der Waals surface area (Å²) in [6.07, 6.45) is 1.69. The Morgan fingerprint density at radius 1 is 1.56 bits per heavy atom. The van der Waals surface area contributed by atoms with E-state index in [1.54, 1.807) is 6.07 Å². The van der Waals surface area contributed by atoms with E-state index in [2.05, 4.69) is 0 Å². The van der Waals surface area contributed by atoms with Crippen LogP contribution < -0.4 is 5.73 Å². The summed E-state index contributed by atoms with van der Waals surface area (Å²) in [6, 6.07) is 3.49. The second-order valence-electron chi connectivity index (χ2n) is 4.47. The molecule has 0 saturated carbocycles. The predicted molar refractivity (Wildman–Crippen MR) is 77.3 cm³/mol. The highest BCUT2D eigenvalue weighted by molar-refractivity contribution is 7.91. The lowest BCUT2D eigenvalue weighted by molar-refractivity contribution is 0.313. The molecule has 1 saturated heterocycles. The van der Waals surface area contributed by atoms with Crippen molar-refractivity contribution in [1.29, 1.82) is 0 Å². The van der Waals surface area contributed by atoms with Crippen LogP contribution in [0.25, 0.3) is 0 Å². The minimum atomic E-state index is -3.37. The number of nitrogens with zero attached hydrogens (tertiary/aromatic N) is 1. The van der Waals surface area contributed by atoms with Crippen molar-refractivity contribution in [2.75, 3.05) is 13.1 Å². The summed E-state index contributed by atoms with van der Waals surface area (Å²) in [7, 11) is -3.37. The maximum atomic E-state index is 12.4. The standard InChI is InChI=1S/C11H16N2O2S3/c1-8-4-5-10(17-8)18(14,15)13-6-2-3-9(7-13)11(12)16/h4-5,9H,2-3,6-7H2,1H3,(H2,12,16). The summed E-state index contributed by atoms with van der Waals surface area (Å²) in [5, 5.41) is 0. The lowest BCUT2D eigenvalue weighted by Crippen LogP contribution is -2.43. The molecule has 2 heterocycles. The zero-order valence-corrected chi connectivity index (χ0v) is 12.6. The monoisotopic (exact) mass is 304 g/mol. The summed E-state index contributed by atoms with van der Waals surface area (Å²) < 4.78 is 26.8. The first-order valence-electron chi connectivity index (χ1n) is 5.77. The molecule has 4 nitrogen and oxygen atoms in total. The van der Waals surface area contributed by atoms with Crippen LogP contribution in [0, 0.1) is 12.8 Å². The van der Waals surface area contributed by atoms with Gasteiger partial charge in [0.25, 0.3) is 10.0 Å². The van der Waals surface area contributed by atoms with Gasteiger partial charge >= 0.3 is 0 Å². The van der Waals surface area contributed by atoms with Gasteiger partial charge in [-0.2, -0.15) is 4.31 Å². The molecule has 0 aromatic carbocycles. The fourth-order valence-corrected chi connectivity index (χ4v) is 5.22. The fraction of sp³-hybridized carbons (Fsp3) is 0.545. The SMILES string of the molecule is Cc1ccc(S(=O)(=O)N2CCCC(C(N)=S)C2)s1. The van der Waals surface area contributed by atoms with E-state index in [-0.39, 0.29) is 5.92 Å². The van der Waals surface area contributed by atoms with Crippen molar-refractivity contribution < 1.29 is 8.42 Å². The fourth-order valence-electron chi connectivity index (χ4n) is 2.07. The number of piperidine rings is 1. The van der Waals surface area contributed by atoms with Gasteiger partial charge in [0.2, 0.25) is 0 Å². The van der Waals surface area contributed by atoms with Crippen molar-refractivity contribution in [2.24, 2.45) is 11.7 Å². The van der Waals surface area contributed by atoms with Gasteiger partial charge in [-0.1, -0.05) is 12.2 Å². The highest BCUT2D eigenvalue weighted by Crippen LogP contribution is 2.28. The molecule has 2 N–H and O–H groups in total. The normalized spacial score (nSPS) is 21.9. The van der Waals surface area contributed by atoms with Gasteiger partial charge in [-0.3, -0.25) is 0 Å². The van der Waals surface area contributed by atoms with Crippen LogP contribution in [0.1, 0.15) is 17.7 Å². The number of thiocarbonyl (C=S) groups is 1. The molecule has 1 aliphatic rings. The van der Waals surface area contributed by atoms with E-state index >= 15 is 0 Å². The van der Waals surface area contributed by atoms with E-state index in [9.17, 15) is 8.42 Å². The smallest absolute Gasteiger partial charge is 0.252 e. The summed E-state index contributed by atoms with van der Waals surface area (Å²) in [5.74, 6) is 0.00424. The molecule has 0 amide bonds. The number of aryl methyl sites for hydroxylation is 1. The molecule has 1 aromatic rings. The molecule has 2 rings (SSSR count). The molecule has 0 radical (unpaired) electrons. The minimum Gasteiger partial charge on any atom is -0.393 e. The van der Waals surface area contributed by atoms with E-state index in [0.717, 1.165) is 17.7 Å². The Labute approximate surface area is 117 Å². The van der Waals surface area contributed by atoms with E-state index in [0.29, 0.717) is 22.3 Å². The number of sulfonamides is 1. The van der Waals surface area contributed by atoms with Gasteiger partial charge in [0.05, 0.1) is 4.99 Å². The Balaban J connectivity index is 2.22. The number of nitrogens with two attached hydrogens (primary N) is 1. The largest absolute Gasteiger partial charge is 0.393 e. The highest BCUT2D eigenvalue weighted by atomic mass is 32.2. The second kappa shape index (κ2) is 5.24. The van der Waals surface area contributed by atoms with Crippen molar-refractivity contribution >= 4 is 38.6 Å². The third kappa shape index (κ3) is 2.74. The first kappa shape index (κ1) is 13.9. The summed E-state index contributed by atoms with van der Waals surface area (Å²) >= 11 is 6.28. The first-order chi connectivity index (χ1) is 8.41. The van der Waals surface area contributed by atoms with Crippen molar-refractivity contribution in [1.82, 2.24) is 4.31 Å². The third-order valence-electron chi connectivity index (χ3n) is 3.10. The quantitative estimate of drug-likeness (QED) is 0.864. The van der Waals surface area contributed by atoms with Gasteiger partial charge in [-0.05, 0) is 31.9 Å². The molecule has 1 aliphatic heterocycles. The summed E-state index contributed by atoms with van der Waals surface area (Å²) in [5.41, 5.74) is 5.63. The van der Waals surface area contributed by atoms with Crippen molar-refractivity contribution in [3.63, 3.8) is 0 Å². The molecule has 7 heteroatoms. The lowest BCUT2D eigenvalue weighted by Gasteiger charge is -2.30. The molecule has 1 unspecified atom stereocenters. The van der Waals surface area contributed by atoms with Gasteiger partial charge in [-0.15, -0.1) is 11.3 Å². The summed E-state index contributed by atoms with van der Waals surface area (Å²) in [6.45, 7) is 2.87. The Bertz CT molecular complexity index is 550. The Kier molecular flexibility index (Phi) is 4.05. The van der Waals surface area contributed by atoms with Crippen molar-refractivity contribution in [2.45, 2.75) is 24.0 Å². The average molecular weight is 304 g/mol. The molecule has 1 fully saturated rings. The Morgan fingerprint density at radius 3 is 2.83 bits per heavy atom. The van der Waals surface area contributed by atoms with Crippen molar-refractivity contribution in [3.8, 4) is 0 Å². The highest BCUT2D eigenvalue weighted by Gasteiger charge is 2.31. The topological polar surface area (TPSA) is 63.4 Å². The van der Waals surface area contributed by atoms with Gasteiger partial charge in [0, 0.05) is 23.9 Å². The van der Waals surface area contributed by atoms with Crippen LogP contribution in [0.2, 0.25) is 0 Å². The van der Waals surface area contributed by atoms with Crippen LogP contribution in [0.3, 0.4) is 0 Å². The number of thiophene rings is 1. The predicted octanol–water partition coefficient (Wildman–Crippen LogP) is 1.74. The van der Waals surface area contributed by atoms with Crippen LogP contribution in [-0.4, -0.2) is 30.8 Å². The minimum absolute atomic E-state index is 0.00424. The molecule has 0 aliphatic carbocycles. The molecule has 18 heavy (non-hydrogen) atoms. The van der Waals surface area contributed by atoms with Gasteiger partial charge in [0.1, 0.15) is 4.21 Å². The molecule has 0 bridgehead atoms. The van der Waals surface area contributed by atoms with Crippen LogP contribution in [-0.2, 0) is 10.0 Å². The first-order valence-corrected chi connectivity index (χ1v) is 8.43. The molecule has 1 atom stereocenters. The van der Waals surface area contributed by atoms with Gasteiger partial charge in [-0.25, -0.2) is 8.42 Å². The average Bonchev–Trinajstić information content (AvgIpc) is 2.77. The maximum absolute atomic E-state index is 12.4. The van der Waals surface area contributed by atoms with Crippen LogP contribution >= 0.6 is 23.6 Å². The third-order valence-corrected chi connectivity index (χ3v) is 6.76. The van der Waals surface area contributed by atoms with Gasteiger partial charge in [0.15, 0.2) is 0 Å². The summed E-state index contributed by atoms with van der Waals surface area (Å²) in [4.78, 5) is 1.41. The number of rotatable bonds is 3. The molecular formula is C11H16N2O2S3. The van der Waals surface area contributed by atoms with Crippen LogP contribution in [0.5, 0.6) is 0 Å². The van der Waals surface area contributed by atoms with Gasteiger partial charge < -0.3 is 5.73 Å². The lowest BCUT2D eigenvalue weighted by atomic mass is 10.0. The van der Waals surface area contributed by atoms with Crippen LogP contribution in [0.15, 0.2) is 16.3 Å². The van der Waals surface area contributed by atoms with Crippen molar-refractivity contribution in [3.05, 3.63) is 17.0 Å².